The number of aromatic nitrogens is 3. The molecule has 0 N–H and O–H groups in total. The van der Waals surface area contributed by atoms with Crippen molar-refractivity contribution in [2.75, 3.05) is 25.5 Å². The molecule has 1 amide bonds. The van der Waals surface area contributed by atoms with Crippen LogP contribution >= 0.6 is 0 Å². The topological polar surface area (TPSA) is 75.4 Å². The first kappa shape index (κ1) is 19.9. The highest BCUT2D eigenvalue weighted by atomic mass is 16.5. The highest BCUT2D eigenvalue weighted by Gasteiger charge is 2.35. The van der Waals surface area contributed by atoms with Crippen LogP contribution in [0.15, 0.2) is 10.7 Å². The van der Waals surface area contributed by atoms with Crippen LogP contribution in [0.4, 0.5) is 5.95 Å². The highest BCUT2D eigenvalue weighted by molar-refractivity contribution is 5.78. The number of rotatable bonds is 5. The average molecular weight is 398 g/mol. The van der Waals surface area contributed by atoms with E-state index < -0.39 is 0 Å². The first-order chi connectivity index (χ1) is 14.0. The van der Waals surface area contributed by atoms with Gasteiger partial charge in [-0.1, -0.05) is 18.0 Å². The Balaban J connectivity index is 1.70. The normalized spacial score (nSPS) is 19.9. The number of amides is 1. The van der Waals surface area contributed by atoms with E-state index in [0.29, 0.717) is 24.0 Å². The van der Waals surface area contributed by atoms with E-state index in [2.05, 4.69) is 10.1 Å². The minimum Gasteiger partial charge on any atom is -0.356 e. The molecular formula is C22H31N5O2. The minimum atomic E-state index is -0.0367. The molecule has 3 heterocycles. The Morgan fingerprint density at radius 1 is 1.21 bits per heavy atom. The molecule has 29 heavy (non-hydrogen) atoms. The second kappa shape index (κ2) is 8.13. The van der Waals surface area contributed by atoms with E-state index in [9.17, 15) is 4.79 Å². The lowest BCUT2D eigenvalue weighted by molar-refractivity contribution is -0.133. The predicted octanol–water partition coefficient (Wildman–Crippen LogP) is 4.06. The van der Waals surface area contributed by atoms with Gasteiger partial charge < -0.3 is 14.3 Å². The molecule has 2 aliphatic rings. The third-order valence-corrected chi connectivity index (χ3v) is 6.43. The van der Waals surface area contributed by atoms with Crippen LogP contribution in [0.5, 0.6) is 0 Å². The summed E-state index contributed by atoms with van der Waals surface area (Å²) in [7, 11) is 3.86. The number of anilines is 1. The van der Waals surface area contributed by atoms with Gasteiger partial charge in [-0.2, -0.15) is 0 Å². The molecule has 0 unspecified atom stereocenters. The largest absolute Gasteiger partial charge is 0.356 e. The molecule has 1 saturated heterocycles. The van der Waals surface area contributed by atoms with Crippen LogP contribution in [0.1, 0.15) is 67.9 Å². The molecule has 1 saturated carbocycles. The maximum Gasteiger partial charge on any atom is 0.225 e. The molecule has 1 atom stereocenters. The summed E-state index contributed by atoms with van der Waals surface area (Å²) in [5, 5.41) is 4.12. The maximum atomic E-state index is 13.2. The van der Waals surface area contributed by atoms with Gasteiger partial charge in [-0.05, 0) is 45.4 Å². The van der Waals surface area contributed by atoms with Gasteiger partial charge in [0.05, 0.1) is 23.0 Å². The number of nitrogens with zero attached hydrogens (tertiary/aromatic N) is 5. The van der Waals surface area contributed by atoms with E-state index in [1.807, 2.05) is 43.9 Å². The van der Waals surface area contributed by atoms with Crippen molar-refractivity contribution in [1.82, 2.24) is 20.0 Å². The Kier molecular flexibility index (Phi) is 5.56. The molecule has 1 aliphatic heterocycles. The van der Waals surface area contributed by atoms with Crippen LogP contribution in [0, 0.1) is 19.8 Å². The highest BCUT2D eigenvalue weighted by Crippen LogP contribution is 2.39. The molecule has 7 heteroatoms. The monoisotopic (exact) mass is 397 g/mol. The second-order valence-corrected chi connectivity index (χ2v) is 8.69. The van der Waals surface area contributed by atoms with Crippen molar-refractivity contribution in [2.24, 2.45) is 5.92 Å². The number of likely N-dealkylation sites (tertiary alicyclic amines) is 1. The molecule has 2 fully saturated rings. The summed E-state index contributed by atoms with van der Waals surface area (Å²) in [5.41, 5.74) is 3.58. The van der Waals surface area contributed by atoms with E-state index in [1.165, 1.54) is 25.7 Å². The first-order valence-corrected chi connectivity index (χ1v) is 10.7. The summed E-state index contributed by atoms with van der Waals surface area (Å²) in [5.74, 6) is 2.16. The van der Waals surface area contributed by atoms with Gasteiger partial charge in [0.2, 0.25) is 11.9 Å². The zero-order valence-electron chi connectivity index (χ0n) is 17.9. The molecule has 7 nitrogen and oxygen atoms in total. The van der Waals surface area contributed by atoms with Gasteiger partial charge in [-0.15, -0.1) is 0 Å². The molecule has 156 valence electrons. The average Bonchev–Trinajstić information content (AvgIpc) is 3.44. The molecule has 0 spiro atoms. The van der Waals surface area contributed by atoms with Gasteiger partial charge in [-0.25, -0.2) is 9.97 Å². The fourth-order valence-corrected chi connectivity index (χ4v) is 4.62. The number of aryl methyl sites for hydroxylation is 1. The number of carbonyl (C=O) groups excluding carboxylic acids is 1. The second-order valence-electron chi connectivity index (χ2n) is 8.69. The lowest BCUT2D eigenvalue weighted by Gasteiger charge is -2.27. The maximum absolute atomic E-state index is 13.2. The molecule has 0 bridgehead atoms. The summed E-state index contributed by atoms with van der Waals surface area (Å²) in [6.07, 6.45) is 9.28. The van der Waals surface area contributed by atoms with Crippen molar-refractivity contribution in [3.63, 3.8) is 0 Å². The summed E-state index contributed by atoms with van der Waals surface area (Å²) < 4.78 is 5.64. The standard InChI is InChI=1S/C22H31N5O2/c1-14-15(2)25-29-21(14)17-13-23-22(26(3)4)24-20(17)18-10-7-11-27(18)19(28)12-16-8-5-6-9-16/h13,16,18H,5-12H2,1-4H3/t18-/m1/s1. The Bertz CT molecular complexity index is 885. The van der Waals surface area contributed by atoms with E-state index in [0.717, 1.165) is 41.9 Å². The Morgan fingerprint density at radius 3 is 2.62 bits per heavy atom. The van der Waals surface area contributed by atoms with Crippen LogP contribution in [-0.2, 0) is 4.79 Å². The third kappa shape index (κ3) is 3.87. The van der Waals surface area contributed by atoms with E-state index in [4.69, 9.17) is 9.51 Å². The zero-order chi connectivity index (χ0) is 20.5. The summed E-state index contributed by atoms with van der Waals surface area (Å²) in [6, 6.07) is -0.0367. The van der Waals surface area contributed by atoms with Gasteiger partial charge in [0.25, 0.3) is 0 Å². The van der Waals surface area contributed by atoms with Crippen molar-refractivity contribution < 1.29 is 9.32 Å². The molecule has 1 aliphatic carbocycles. The summed E-state index contributed by atoms with van der Waals surface area (Å²) in [6.45, 7) is 4.73. The van der Waals surface area contributed by atoms with Gasteiger partial charge in [-0.3, -0.25) is 4.79 Å². The summed E-state index contributed by atoms with van der Waals surface area (Å²) >= 11 is 0. The van der Waals surface area contributed by atoms with Gasteiger partial charge in [0.15, 0.2) is 5.76 Å². The molecular weight excluding hydrogens is 366 g/mol. The van der Waals surface area contributed by atoms with Crippen LogP contribution < -0.4 is 4.90 Å². The molecule has 4 rings (SSSR count). The third-order valence-electron chi connectivity index (χ3n) is 6.43. The zero-order valence-corrected chi connectivity index (χ0v) is 17.9. The molecule has 2 aromatic rings. The molecule has 2 aromatic heterocycles. The van der Waals surface area contributed by atoms with E-state index in [-0.39, 0.29) is 11.9 Å². The lowest BCUT2D eigenvalue weighted by Crippen LogP contribution is -2.32. The molecule has 0 aromatic carbocycles. The SMILES string of the molecule is Cc1noc(-c2cnc(N(C)C)nc2[C@H]2CCCN2C(=O)CC2CCCC2)c1C. The quantitative estimate of drug-likeness (QED) is 0.757. The molecule has 0 radical (unpaired) electrons. The van der Waals surface area contributed by atoms with Gasteiger partial charge >= 0.3 is 0 Å². The Hall–Kier alpha value is -2.44. The number of hydrogen-bond acceptors (Lipinski definition) is 6. The van der Waals surface area contributed by atoms with Crippen molar-refractivity contribution in [3.8, 4) is 11.3 Å². The fourth-order valence-electron chi connectivity index (χ4n) is 4.62. The van der Waals surface area contributed by atoms with Gasteiger partial charge in [0.1, 0.15) is 0 Å². The van der Waals surface area contributed by atoms with Crippen molar-refractivity contribution in [2.45, 2.75) is 64.8 Å². The van der Waals surface area contributed by atoms with Gasteiger partial charge in [0, 0.05) is 38.8 Å². The number of hydrogen-bond donors (Lipinski definition) is 0. The first-order valence-electron chi connectivity index (χ1n) is 10.7. The number of carbonyl (C=O) groups is 1. The van der Waals surface area contributed by atoms with Crippen LogP contribution in [-0.4, -0.2) is 46.6 Å². The van der Waals surface area contributed by atoms with Crippen LogP contribution in [0.2, 0.25) is 0 Å². The lowest BCUT2D eigenvalue weighted by atomic mass is 10.00. The smallest absolute Gasteiger partial charge is 0.225 e. The van der Waals surface area contributed by atoms with E-state index in [1.54, 1.807) is 0 Å². The van der Waals surface area contributed by atoms with Crippen LogP contribution in [0.3, 0.4) is 0 Å². The van der Waals surface area contributed by atoms with Crippen LogP contribution in [0.25, 0.3) is 11.3 Å². The van der Waals surface area contributed by atoms with E-state index >= 15 is 0 Å². The fraction of sp³-hybridized carbons (Fsp3) is 0.636. The van der Waals surface area contributed by atoms with Crippen molar-refractivity contribution in [1.29, 1.82) is 0 Å². The minimum absolute atomic E-state index is 0.0367. The Labute approximate surface area is 172 Å². The Morgan fingerprint density at radius 2 is 1.97 bits per heavy atom. The predicted molar refractivity (Wildman–Crippen MR) is 112 cm³/mol. The van der Waals surface area contributed by atoms with Crippen molar-refractivity contribution >= 4 is 11.9 Å². The van der Waals surface area contributed by atoms with Crippen molar-refractivity contribution in [3.05, 3.63) is 23.1 Å². The summed E-state index contributed by atoms with van der Waals surface area (Å²) in [4.78, 5) is 26.5.